The van der Waals surface area contributed by atoms with Gasteiger partial charge in [0, 0.05) is 6.07 Å². The summed E-state index contributed by atoms with van der Waals surface area (Å²) in [7, 11) is 0. The Morgan fingerprint density at radius 1 is 1.68 bits per heavy atom. The van der Waals surface area contributed by atoms with E-state index in [1.54, 1.807) is 6.92 Å². The molecule has 1 aliphatic rings. The maximum absolute atomic E-state index is 11.2. The lowest BCUT2D eigenvalue weighted by atomic mass is 9.85. The second kappa shape index (κ2) is 4.81. The van der Waals surface area contributed by atoms with Gasteiger partial charge in [-0.1, -0.05) is 0 Å². The van der Waals surface area contributed by atoms with E-state index in [1.165, 1.54) is 18.3 Å². The average molecular weight is 267 g/mol. The molecule has 0 amide bonds. The Balaban J connectivity index is 2.12. The van der Waals surface area contributed by atoms with Crippen LogP contribution in [0.4, 0.5) is 11.5 Å². The molecule has 19 heavy (non-hydrogen) atoms. The van der Waals surface area contributed by atoms with Crippen LogP contribution in [-0.2, 0) is 9.53 Å². The van der Waals surface area contributed by atoms with Crippen molar-refractivity contribution >= 4 is 17.5 Å². The Bertz CT molecular complexity index is 504. The third-order valence-electron chi connectivity index (χ3n) is 3.22. The van der Waals surface area contributed by atoms with Gasteiger partial charge < -0.3 is 25.3 Å². The average Bonchev–Trinajstić information content (AvgIpc) is 2.73. The topological polar surface area (TPSA) is 115 Å². The van der Waals surface area contributed by atoms with E-state index >= 15 is 0 Å². The smallest absolute Gasteiger partial charge is 0.363 e. The number of hydrogen-bond acceptors (Lipinski definition) is 6. The molecule has 2 N–H and O–H groups in total. The molecule has 1 fully saturated rings. The fraction of sp³-hybridized carbons (Fsp3) is 0.455. The highest BCUT2D eigenvalue weighted by atomic mass is 16.6. The molecule has 2 unspecified atom stereocenters. The number of ether oxygens (including phenoxy) is 1. The highest BCUT2D eigenvalue weighted by Gasteiger charge is 2.46. The van der Waals surface area contributed by atoms with Gasteiger partial charge in [-0.15, -0.1) is 0 Å². The van der Waals surface area contributed by atoms with Gasteiger partial charge in [-0.3, -0.25) is 4.79 Å². The van der Waals surface area contributed by atoms with Crippen molar-refractivity contribution in [3.05, 3.63) is 28.4 Å². The Labute approximate surface area is 108 Å². The Morgan fingerprint density at radius 3 is 2.95 bits per heavy atom. The van der Waals surface area contributed by atoms with Crippen LogP contribution in [-0.4, -0.2) is 40.2 Å². The predicted molar refractivity (Wildman–Crippen MR) is 64.9 cm³/mol. The van der Waals surface area contributed by atoms with Crippen LogP contribution in [0.1, 0.15) is 6.92 Å². The van der Waals surface area contributed by atoms with Crippen molar-refractivity contribution in [2.75, 3.05) is 18.5 Å². The van der Waals surface area contributed by atoms with E-state index in [2.05, 4.69) is 10.3 Å². The van der Waals surface area contributed by atoms with Crippen LogP contribution in [0.2, 0.25) is 0 Å². The molecule has 1 aromatic heterocycles. The van der Waals surface area contributed by atoms with E-state index in [4.69, 9.17) is 4.74 Å². The van der Waals surface area contributed by atoms with Crippen LogP contribution in [0.5, 0.6) is 0 Å². The fourth-order valence-corrected chi connectivity index (χ4v) is 1.87. The molecule has 0 aliphatic carbocycles. The molecule has 2 atom stereocenters. The van der Waals surface area contributed by atoms with Crippen LogP contribution in [0.25, 0.3) is 0 Å². The molecule has 0 aromatic carbocycles. The number of aromatic nitrogens is 1. The molecular weight excluding hydrogens is 254 g/mol. The van der Waals surface area contributed by atoms with Crippen molar-refractivity contribution < 1.29 is 19.6 Å². The number of carbonyl (C=O) groups is 1. The molecule has 0 radical (unpaired) electrons. The molecule has 1 aromatic rings. The van der Waals surface area contributed by atoms with Crippen molar-refractivity contribution in [2.45, 2.75) is 13.0 Å². The van der Waals surface area contributed by atoms with E-state index in [-0.39, 0.29) is 19.0 Å². The first-order chi connectivity index (χ1) is 8.93. The zero-order chi connectivity index (χ0) is 14.0. The Hall–Kier alpha value is -2.22. The maximum atomic E-state index is 11.2. The molecule has 8 heteroatoms. The van der Waals surface area contributed by atoms with Crippen LogP contribution < -0.4 is 5.32 Å². The molecule has 0 saturated carbocycles. The summed E-state index contributed by atoms with van der Waals surface area (Å²) in [5.74, 6) is -1.20. The van der Waals surface area contributed by atoms with Crippen molar-refractivity contribution in [3.63, 3.8) is 0 Å². The van der Waals surface area contributed by atoms with Gasteiger partial charge in [-0.25, -0.2) is 0 Å². The second-order valence-corrected chi connectivity index (χ2v) is 4.60. The summed E-state index contributed by atoms with van der Waals surface area (Å²) in [4.78, 5) is 24.8. The molecule has 8 nitrogen and oxygen atoms in total. The first-order valence-electron chi connectivity index (χ1n) is 5.61. The standard InChI is InChI=1S/C11H13N3O5/c1-11(10(15)16)6-19-5-8(11)13-7-2-3-9(12-4-7)14(17)18/h2-4,8,13H,5-6H2,1H3,(H,15,16). The number of carboxylic acids is 1. The van der Waals surface area contributed by atoms with Crippen molar-refractivity contribution in [1.29, 1.82) is 0 Å². The lowest BCUT2D eigenvalue weighted by Gasteiger charge is -2.25. The second-order valence-electron chi connectivity index (χ2n) is 4.60. The zero-order valence-corrected chi connectivity index (χ0v) is 10.2. The van der Waals surface area contributed by atoms with Crippen LogP contribution in [0, 0.1) is 15.5 Å². The minimum Gasteiger partial charge on any atom is -0.481 e. The summed E-state index contributed by atoms with van der Waals surface area (Å²) in [5, 5.41) is 22.7. The molecule has 2 heterocycles. The van der Waals surface area contributed by atoms with Gasteiger partial charge in [0.05, 0.1) is 24.9 Å². The summed E-state index contributed by atoms with van der Waals surface area (Å²) in [6, 6.07) is 2.34. The molecular formula is C11H13N3O5. The predicted octanol–water partition coefficient (Wildman–Crippen LogP) is 0.891. The lowest BCUT2D eigenvalue weighted by molar-refractivity contribution is -0.389. The Kier molecular flexibility index (Phi) is 3.34. The van der Waals surface area contributed by atoms with E-state index < -0.39 is 22.3 Å². The molecule has 0 bridgehead atoms. The normalized spacial score (nSPS) is 26.1. The summed E-state index contributed by atoms with van der Waals surface area (Å²) in [6.45, 7) is 1.99. The number of carboxylic acid groups (broad SMARTS) is 1. The van der Waals surface area contributed by atoms with E-state index in [0.717, 1.165) is 0 Å². The quantitative estimate of drug-likeness (QED) is 0.614. The fourth-order valence-electron chi connectivity index (χ4n) is 1.87. The van der Waals surface area contributed by atoms with E-state index in [1.807, 2.05) is 0 Å². The van der Waals surface area contributed by atoms with Gasteiger partial charge in [0.2, 0.25) is 0 Å². The van der Waals surface area contributed by atoms with Gasteiger partial charge in [0.15, 0.2) is 6.20 Å². The SMILES string of the molecule is CC1(C(=O)O)COCC1Nc1ccc([N+](=O)[O-])nc1. The summed E-state index contributed by atoms with van der Waals surface area (Å²) >= 11 is 0. The number of anilines is 1. The molecule has 0 spiro atoms. The van der Waals surface area contributed by atoms with E-state index in [9.17, 15) is 20.0 Å². The zero-order valence-electron chi connectivity index (χ0n) is 10.2. The number of aliphatic carboxylic acids is 1. The number of nitrogens with zero attached hydrogens (tertiary/aromatic N) is 2. The van der Waals surface area contributed by atoms with Crippen LogP contribution in [0.15, 0.2) is 18.3 Å². The number of nitro groups is 1. The lowest BCUT2D eigenvalue weighted by Crippen LogP contribution is -2.43. The molecule has 1 aliphatic heterocycles. The van der Waals surface area contributed by atoms with Crippen molar-refractivity contribution in [3.8, 4) is 0 Å². The molecule has 102 valence electrons. The monoisotopic (exact) mass is 267 g/mol. The largest absolute Gasteiger partial charge is 0.481 e. The van der Waals surface area contributed by atoms with E-state index in [0.29, 0.717) is 5.69 Å². The van der Waals surface area contributed by atoms with Crippen LogP contribution >= 0.6 is 0 Å². The maximum Gasteiger partial charge on any atom is 0.363 e. The number of hydrogen-bond donors (Lipinski definition) is 2. The number of rotatable bonds is 4. The first kappa shape index (κ1) is 13.2. The van der Waals surface area contributed by atoms with Crippen molar-refractivity contribution in [1.82, 2.24) is 4.98 Å². The van der Waals surface area contributed by atoms with Gasteiger partial charge in [-0.05, 0) is 22.9 Å². The van der Waals surface area contributed by atoms with Crippen LogP contribution in [0.3, 0.4) is 0 Å². The summed E-state index contributed by atoms with van der Waals surface area (Å²) in [6.07, 6.45) is 1.30. The van der Waals surface area contributed by atoms with Gasteiger partial charge >= 0.3 is 11.8 Å². The third kappa shape index (κ3) is 2.48. The highest BCUT2D eigenvalue weighted by Crippen LogP contribution is 2.31. The number of pyridine rings is 1. The van der Waals surface area contributed by atoms with Gasteiger partial charge in [0.1, 0.15) is 5.41 Å². The number of nitrogens with one attached hydrogen (secondary N) is 1. The third-order valence-corrected chi connectivity index (χ3v) is 3.22. The first-order valence-corrected chi connectivity index (χ1v) is 5.61. The van der Waals surface area contributed by atoms with Gasteiger partial charge in [0.25, 0.3) is 0 Å². The minimum atomic E-state index is -1.03. The van der Waals surface area contributed by atoms with Crippen molar-refractivity contribution in [2.24, 2.45) is 5.41 Å². The molecule has 1 saturated heterocycles. The highest BCUT2D eigenvalue weighted by molar-refractivity contribution is 5.76. The van der Waals surface area contributed by atoms with Gasteiger partial charge in [-0.2, -0.15) is 0 Å². The summed E-state index contributed by atoms with van der Waals surface area (Å²) in [5.41, 5.74) is -0.504. The molecule has 2 rings (SSSR count). The Morgan fingerprint density at radius 2 is 2.42 bits per heavy atom. The minimum absolute atomic E-state index is 0.125. The summed E-state index contributed by atoms with van der Waals surface area (Å²) < 4.78 is 5.20.